The summed E-state index contributed by atoms with van der Waals surface area (Å²) in [5, 5.41) is 6.97. The van der Waals surface area contributed by atoms with Crippen LogP contribution in [-0.4, -0.2) is 21.4 Å². The van der Waals surface area contributed by atoms with Gasteiger partial charge in [-0.2, -0.15) is 5.10 Å². The standard InChI is InChI=1S/C13H14N4O2/c14-12(18)9-4-5-10(9)13(19)15-11-7-8-3-1-2-6-17(8)16-11/h1-3,6-7,9-10H,4-5H2,(H2,14,18)(H,15,16,19). The molecule has 2 aromatic rings. The van der Waals surface area contributed by atoms with Crippen LogP contribution in [-0.2, 0) is 9.59 Å². The number of carbonyl (C=O) groups is 2. The molecule has 2 aromatic heterocycles. The molecule has 2 unspecified atom stereocenters. The first kappa shape index (κ1) is 11.7. The molecule has 0 saturated heterocycles. The monoisotopic (exact) mass is 258 g/mol. The lowest BCUT2D eigenvalue weighted by Gasteiger charge is -2.32. The van der Waals surface area contributed by atoms with Crippen LogP contribution in [0.4, 0.5) is 5.82 Å². The van der Waals surface area contributed by atoms with Gasteiger partial charge in [-0.3, -0.25) is 9.59 Å². The quantitative estimate of drug-likeness (QED) is 0.852. The number of pyridine rings is 1. The number of carbonyl (C=O) groups excluding carboxylic acids is 2. The zero-order chi connectivity index (χ0) is 13.4. The molecule has 0 bridgehead atoms. The summed E-state index contributed by atoms with van der Waals surface area (Å²) in [4.78, 5) is 23.1. The van der Waals surface area contributed by atoms with Crippen LogP contribution in [0.3, 0.4) is 0 Å². The molecule has 6 nitrogen and oxygen atoms in total. The minimum atomic E-state index is -0.401. The highest BCUT2D eigenvalue weighted by molar-refractivity contribution is 5.96. The van der Waals surface area contributed by atoms with Crippen molar-refractivity contribution in [3.8, 4) is 0 Å². The highest BCUT2D eigenvalue weighted by Crippen LogP contribution is 2.34. The largest absolute Gasteiger partial charge is 0.369 e. The van der Waals surface area contributed by atoms with Crippen LogP contribution in [0.25, 0.3) is 5.52 Å². The summed E-state index contributed by atoms with van der Waals surface area (Å²) in [7, 11) is 0. The maximum absolute atomic E-state index is 12.0. The molecule has 1 aliphatic carbocycles. The predicted octanol–water partition coefficient (Wildman–Crippen LogP) is 0.784. The number of primary amides is 1. The van der Waals surface area contributed by atoms with Crippen LogP contribution < -0.4 is 11.1 Å². The van der Waals surface area contributed by atoms with Gasteiger partial charge in [0.05, 0.1) is 5.52 Å². The maximum atomic E-state index is 12.0. The van der Waals surface area contributed by atoms with E-state index in [2.05, 4.69) is 10.4 Å². The van der Waals surface area contributed by atoms with E-state index in [1.165, 1.54) is 0 Å². The number of aromatic nitrogens is 2. The van der Waals surface area contributed by atoms with Gasteiger partial charge in [0, 0.05) is 24.1 Å². The van der Waals surface area contributed by atoms with Crippen molar-refractivity contribution in [3.05, 3.63) is 30.5 Å². The van der Waals surface area contributed by atoms with Crippen molar-refractivity contribution in [2.75, 3.05) is 5.32 Å². The Morgan fingerprint density at radius 2 is 2.11 bits per heavy atom. The Bertz CT molecular complexity index is 616. The Kier molecular flexibility index (Phi) is 2.70. The Morgan fingerprint density at radius 3 is 2.74 bits per heavy atom. The van der Waals surface area contributed by atoms with Gasteiger partial charge in [0.1, 0.15) is 0 Å². The highest BCUT2D eigenvalue weighted by atomic mass is 16.2. The van der Waals surface area contributed by atoms with Crippen molar-refractivity contribution < 1.29 is 9.59 Å². The second kappa shape index (κ2) is 4.38. The second-order valence-corrected chi connectivity index (χ2v) is 4.78. The molecule has 98 valence electrons. The van der Waals surface area contributed by atoms with E-state index in [1.54, 1.807) is 16.8 Å². The molecule has 19 heavy (non-hydrogen) atoms. The molecule has 0 aliphatic heterocycles. The van der Waals surface area contributed by atoms with Gasteiger partial charge in [-0.05, 0) is 25.0 Å². The number of hydrogen-bond acceptors (Lipinski definition) is 3. The first-order valence-corrected chi connectivity index (χ1v) is 6.20. The molecule has 1 aliphatic rings. The molecule has 2 atom stereocenters. The van der Waals surface area contributed by atoms with Crippen LogP contribution in [0.1, 0.15) is 12.8 Å². The maximum Gasteiger partial charge on any atom is 0.229 e. The average Bonchev–Trinajstić information content (AvgIpc) is 2.68. The lowest BCUT2D eigenvalue weighted by atomic mass is 9.72. The predicted molar refractivity (Wildman–Crippen MR) is 69.2 cm³/mol. The van der Waals surface area contributed by atoms with Gasteiger partial charge < -0.3 is 11.1 Å². The van der Waals surface area contributed by atoms with E-state index in [1.807, 2.05) is 18.2 Å². The average molecular weight is 258 g/mol. The second-order valence-electron chi connectivity index (χ2n) is 4.78. The molecule has 0 aromatic carbocycles. The molecule has 0 spiro atoms. The molecule has 1 fully saturated rings. The van der Waals surface area contributed by atoms with E-state index < -0.39 is 5.91 Å². The first-order chi connectivity index (χ1) is 9.15. The van der Waals surface area contributed by atoms with Gasteiger partial charge in [-0.15, -0.1) is 0 Å². The van der Waals surface area contributed by atoms with Gasteiger partial charge in [0.2, 0.25) is 11.8 Å². The van der Waals surface area contributed by atoms with Gasteiger partial charge in [0.15, 0.2) is 5.82 Å². The fourth-order valence-electron chi connectivity index (χ4n) is 2.37. The first-order valence-electron chi connectivity index (χ1n) is 6.20. The van der Waals surface area contributed by atoms with Crippen molar-refractivity contribution in [1.82, 2.24) is 9.61 Å². The minimum Gasteiger partial charge on any atom is -0.369 e. The van der Waals surface area contributed by atoms with E-state index in [0.717, 1.165) is 5.52 Å². The Balaban J connectivity index is 1.74. The lowest BCUT2D eigenvalue weighted by Crippen LogP contribution is -2.43. The minimum absolute atomic E-state index is 0.182. The molecular formula is C13H14N4O2. The molecule has 3 N–H and O–H groups in total. The fraction of sp³-hybridized carbons (Fsp3) is 0.308. The smallest absolute Gasteiger partial charge is 0.229 e. The lowest BCUT2D eigenvalue weighted by molar-refractivity contribution is -0.135. The SMILES string of the molecule is NC(=O)C1CCC1C(=O)Nc1cc2ccccn2n1. The van der Waals surface area contributed by atoms with E-state index in [9.17, 15) is 9.59 Å². The molecule has 3 rings (SSSR count). The van der Waals surface area contributed by atoms with Crippen LogP contribution in [0, 0.1) is 11.8 Å². The van der Waals surface area contributed by atoms with Gasteiger partial charge in [-0.25, -0.2) is 4.52 Å². The number of nitrogens with two attached hydrogens (primary N) is 1. The van der Waals surface area contributed by atoms with Crippen molar-refractivity contribution in [2.24, 2.45) is 17.6 Å². The molecule has 2 heterocycles. The van der Waals surface area contributed by atoms with Gasteiger partial charge in [0.25, 0.3) is 0 Å². The third-order valence-corrected chi connectivity index (χ3v) is 3.60. The molecular weight excluding hydrogens is 244 g/mol. The summed E-state index contributed by atoms with van der Waals surface area (Å²) in [6.07, 6.45) is 3.20. The summed E-state index contributed by atoms with van der Waals surface area (Å²) >= 11 is 0. The normalized spacial score (nSPS) is 21.9. The van der Waals surface area contributed by atoms with Crippen LogP contribution in [0.2, 0.25) is 0 Å². The van der Waals surface area contributed by atoms with E-state index in [-0.39, 0.29) is 17.7 Å². The Hall–Kier alpha value is -2.37. The number of nitrogens with one attached hydrogen (secondary N) is 1. The number of anilines is 1. The Morgan fingerprint density at radius 1 is 1.32 bits per heavy atom. The third-order valence-electron chi connectivity index (χ3n) is 3.60. The fourth-order valence-corrected chi connectivity index (χ4v) is 2.37. The number of hydrogen-bond donors (Lipinski definition) is 2. The van der Waals surface area contributed by atoms with Crippen molar-refractivity contribution in [2.45, 2.75) is 12.8 Å². The van der Waals surface area contributed by atoms with Gasteiger partial charge in [-0.1, -0.05) is 6.07 Å². The highest BCUT2D eigenvalue weighted by Gasteiger charge is 2.40. The topological polar surface area (TPSA) is 89.5 Å². The summed E-state index contributed by atoms with van der Waals surface area (Å²) < 4.78 is 1.68. The number of rotatable bonds is 3. The number of amides is 2. The molecule has 0 radical (unpaired) electrons. The van der Waals surface area contributed by atoms with Crippen LogP contribution in [0.5, 0.6) is 0 Å². The number of fused-ring (bicyclic) bond motifs is 1. The summed E-state index contributed by atoms with van der Waals surface area (Å²) in [5.41, 5.74) is 6.14. The summed E-state index contributed by atoms with van der Waals surface area (Å²) in [6, 6.07) is 7.45. The van der Waals surface area contributed by atoms with E-state index >= 15 is 0 Å². The van der Waals surface area contributed by atoms with Crippen molar-refractivity contribution in [1.29, 1.82) is 0 Å². The summed E-state index contributed by atoms with van der Waals surface area (Å²) in [6.45, 7) is 0. The molecule has 6 heteroatoms. The van der Waals surface area contributed by atoms with E-state index in [0.29, 0.717) is 18.7 Å². The number of nitrogens with zero attached hydrogens (tertiary/aromatic N) is 2. The van der Waals surface area contributed by atoms with E-state index in [4.69, 9.17) is 5.73 Å². The molecule has 2 amide bonds. The molecule has 1 saturated carbocycles. The van der Waals surface area contributed by atoms with Crippen molar-refractivity contribution >= 4 is 23.1 Å². The summed E-state index contributed by atoms with van der Waals surface area (Å²) in [5.74, 6) is -0.745. The van der Waals surface area contributed by atoms with Crippen LogP contribution >= 0.6 is 0 Å². The Labute approximate surface area is 109 Å². The third kappa shape index (κ3) is 2.05. The zero-order valence-corrected chi connectivity index (χ0v) is 10.2. The van der Waals surface area contributed by atoms with Crippen LogP contribution in [0.15, 0.2) is 30.5 Å². The van der Waals surface area contributed by atoms with Crippen molar-refractivity contribution in [3.63, 3.8) is 0 Å². The van der Waals surface area contributed by atoms with Gasteiger partial charge >= 0.3 is 0 Å². The zero-order valence-electron chi connectivity index (χ0n) is 10.2.